The van der Waals surface area contributed by atoms with E-state index in [-0.39, 0.29) is 12.3 Å². The van der Waals surface area contributed by atoms with E-state index in [2.05, 4.69) is 14.7 Å². The van der Waals surface area contributed by atoms with Crippen LogP contribution < -0.4 is 4.72 Å². The van der Waals surface area contributed by atoms with Gasteiger partial charge in [0.25, 0.3) is 0 Å². The second-order valence-corrected chi connectivity index (χ2v) is 4.92. The molecule has 0 fully saturated rings. The van der Waals surface area contributed by atoms with E-state index in [9.17, 15) is 8.42 Å². The molecule has 1 rings (SSSR count). The first kappa shape index (κ1) is 11.1. The average molecular weight is 215 g/mol. The number of nitrogens with zero attached hydrogens (tertiary/aromatic N) is 2. The Morgan fingerprint density at radius 2 is 2.21 bits per heavy atom. The molecule has 1 heterocycles. The SMILES string of the molecule is CCS(=O)(=O)NCc1ccnc(C)n1. The predicted octanol–water partition coefficient (Wildman–Crippen LogP) is 0.224. The highest BCUT2D eigenvalue weighted by molar-refractivity contribution is 7.89. The lowest BCUT2D eigenvalue weighted by Gasteiger charge is -2.03. The van der Waals surface area contributed by atoms with Gasteiger partial charge in [0.05, 0.1) is 18.0 Å². The first-order chi connectivity index (χ1) is 6.53. The van der Waals surface area contributed by atoms with Gasteiger partial charge in [-0.05, 0) is 19.9 Å². The van der Waals surface area contributed by atoms with Crippen LogP contribution in [-0.2, 0) is 16.6 Å². The van der Waals surface area contributed by atoms with Gasteiger partial charge < -0.3 is 0 Å². The lowest BCUT2D eigenvalue weighted by molar-refractivity contribution is 0.581. The molecule has 1 aromatic rings. The van der Waals surface area contributed by atoms with E-state index in [1.807, 2.05) is 0 Å². The van der Waals surface area contributed by atoms with Crippen LogP contribution in [0, 0.1) is 6.92 Å². The molecule has 0 aliphatic rings. The normalized spacial score (nSPS) is 11.6. The maximum atomic E-state index is 11.1. The molecular formula is C8H13N3O2S. The van der Waals surface area contributed by atoms with Crippen molar-refractivity contribution in [2.45, 2.75) is 20.4 Å². The van der Waals surface area contributed by atoms with Gasteiger partial charge in [0.1, 0.15) is 5.82 Å². The van der Waals surface area contributed by atoms with Crippen molar-refractivity contribution in [2.24, 2.45) is 0 Å². The first-order valence-electron chi connectivity index (χ1n) is 4.29. The summed E-state index contributed by atoms with van der Waals surface area (Å²) >= 11 is 0. The minimum Gasteiger partial charge on any atom is -0.242 e. The van der Waals surface area contributed by atoms with Crippen LogP contribution in [0.3, 0.4) is 0 Å². The summed E-state index contributed by atoms with van der Waals surface area (Å²) in [6, 6.07) is 1.69. The lowest BCUT2D eigenvalue weighted by Crippen LogP contribution is -2.25. The summed E-state index contributed by atoms with van der Waals surface area (Å²) in [5.41, 5.74) is 0.675. The van der Waals surface area contributed by atoms with Gasteiger partial charge in [0.15, 0.2) is 0 Å². The number of sulfonamides is 1. The number of nitrogens with one attached hydrogen (secondary N) is 1. The topological polar surface area (TPSA) is 72.0 Å². The van der Waals surface area contributed by atoms with E-state index in [4.69, 9.17) is 0 Å². The van der Waals surface area contributed by atoms with Crippen LogP contribution in [0.25, 0.3) is 0 Å². The molecule has 0 amide bonds. The highest BCUT2D eigenvalue weighted by Crippen LogP contribution is 1.95. The fraction of sp³-hybridized carbons (Fsp3) is 0.500. The molecule has 0 aliphatic heterocycles. The molecule has 0 saturated carbocycles. The van der Waals surface area contributed by atoms with Gasteiger partial charge in [0, 0.05) is 6.20 Å². The van der Waals surface area contributed by atoms with Crippen molar-refractivity contribution >= 4 is 10.0 Å². The number of aryl methyl sites for hydroxylation is 1. The predicted molar refractivity (Wildman–Crippen MR) is 53.1 cm³/mol. The van der Waals surface area contributed by atoms with Crippen molar-refractivity contribution in [3.8, 4) is 0 Å². The highest BCUT2D eigenvalue weighted by atomic mass is 32.2. The van der Waals surface area contributed by atoms with Gasteiger partial charge in [0.2, 0.25) is 10.0 Å². The highest BCUT2D eigenvalue weighted by Gasteiger charge is 2.06. The standard InChI is InChI=1S/C8H13N3O2S/c1-3-14(12,13)10-6-8-4-5-9-7(2)11-8/h4-5,10H,3,6H2,1-2H3. The van der Waals surface area contributed by atoms with Gasteiger partial charge >= 0.3 is 0 Å². The molecular weight excluding hydrogens is 202 g/mol. The molecule has 0 atom stereocenters. The third kappa shape index (κ3) is 3.39. The van der Waals surface area contributed by atoms with Crippen LogP contribution in [0.1, 0.15) is 18.4 Å². The maximum absolute atomic E-state index is 11.1. The van der Waals surface area contributed by atoms with Gasteiger partial charge in [-0.1, -0.05) is 0 Å². The minimum absolute atomic E-state index is 0.0804. The van der Waals surface area contributed by atoms with E-state index < -0.39 is 10.0 Å². The Morgan fingerprint density at radius 1 is 1.50 bits per heavy atom. The average Bonchev–Trinajstić information content (AvgIpc) is 2.15. The Balaban J connectivity index is 2.63. The fourth-order valence-corrected chi connectivity index (χ4v) is 1.46. The zero-order chi connectivity index (χ0) is 10.6. The van der Waals surface area contributed by atoms with Crippen molar-refractivity contribution in [3.63, 3.8) is 0 Å². The molecule has 0 aliphatic carbocycles. The van der Waals surface area contributed by atoms with Gasteiger partial charge in [-0.3, -0.25) is 0 Å². The number of rotatable bonds is 4. The monoisotopic (exact) mass is 215 g/mol. The van der Waals surface area contributed by atoms with Crippen LogP contribution in [0.2, 0.25) is 0 Å². The smallest absolute Gasteiger partial charge is 0.211 e. The second kappa shape index (κ2) is 4.47. The summed E-state index contributed by atoms with van der Waals surface area (Å²) in [6.45, 7) is 3.57. The molecule has 0 bridgehead atoms. The first-order valence-corrected chi connectivity index (χ1v) is 5.94. The minimum atomic E-state index is -3.14. The van der Waals surface area contributed by atoms with Crippen LogP contribution >= 0.6 is 0 Å². The van der Waals surface area contributed by atoms with E-state index >= 15 is 0 Å². The quantitative estimate of drug-likeness (QED) is 0.780. The van der Waals surface area contributed by atoms with Crippen molar-refractivity contribution in [1.82, 2.24) is 14.7 Å². The Bertz CT molecular complexity index is 403. The molecule has 78 valence electrons. The van der Waals surface area contributed by atoms with Crippen molar-refractivity contribution < 1.29 is 8.42 Å². The third-order valence-corrected chi connectivity index (χ3v) is 3.03. The molecule has 0 saturated heterocycles. The molecule has 5 nitrogen and oxygen atoms in total. The summed E-state index contributed by atoms with van der Waals surface area (Å²) in [5, 5.41) is 0. The number of aromatic nitrogens is 2. The van der Waals surface area contributed by atoms with Crippen LogP contribution in [0.5, 0.6) is 0 Å². The van der Waals surface area contributed by atoms with E-state index in [1.54, 1.807) is 26.1 Å². The Morgan fingerprint density at radius 3 is 2.79 bits per heavy atom. The fourth-order valence-electron chi connectivity index (χ4n) is 0.890. The summed E-state index contributed by atoms with van der Waals surface area (Å²) in [4.78, 5) is 7.99. The molecule has 14 heavy (non-hydrogen) atoms. The van der Waals surface area contributed by atoms with Gasteiger partial charge in [-0.15, -0.1) is 0 Å². The van der Waals surface area contributed by atoms with Crippen LogP contribution in [-0.4, -0.2) is 24.1 Å². The zero-order valence-corrected chi connectivity index (χ0v) is 9.00. The maximum Gasteiger partial charge on any atom is 0.211 e. The van der Waals surface area contributed by atoms with Gasteiger partial charge in [-0.2, -0.15) is 0 Å². The molecule has 0 unspecified atom stereocenters. The van der Waals surface area contributed by atoms with Crippen molar-refractivity contribution in [2.75, 3.05) is 5.75 Å². The third-order valence-electron chi connectivity index (χ3n) is 1.69. The summed E-state index contributed by atoms with van der Waals surface area (Å²) in [7, 11) is -3.14. The molecule has 1 N–H and O–H groups in total. The summed E-state index contributed by atoms with van der Waals surface area (Å²) < 4.78 is 24.6. The van der Waals surface area contributed by atoms with E-state index in [0.717, 1.165) is 0 Å². The van der Waals surface area contributed by atoms with Crippen molar-refractivity contribution in [3.05, 3.63) is 23.8 Å². The lowest BCUT2D eigenvalue weighted by atomic mass is 10.4. The van der Waals surface area contributed by atoms with Crippen LogP contribution in [0.4, 0.5) is 0 Å². The van der Waals surface area contributed by atoms with Crippen LogP contribution in [0.15, 0.2) is 12.3 Å². The molecule has 6 heteroatoms. The Hall–Kier alpha value is -1.01. The number of hydrogen-bond acceptors (Lipinski definition) is 4. The van der Waals surface area contributed by atoms with E-state index in [0.29, 0.717) is 11.5 Å². The molecule has 0 aromatic carbocycles. The molecule has 0 radical (unpaired) electrons. The van der Waals surface area contributed by atoms with Crippen molar-refractivity contribution in [1.29, 1.82) is 0 Å². The molecule has 0 spiro atoms. The van der Waals surface area contributed by atoms with Gasteiger partial charge in [-0.25, -0.2) is 23.1 Å². The summed E-state index contributed by atoms with van der Waals surface area (Å²) in [6.07, 6.45) is 1.61. The zero-order valence-electron chi connectivity index (χ0n) is 8.19. The second-order valence-electron chi connectivity index (χ2n) is 2.82. The van der Waals surface area contributed by atoms with E-state index in [1.165, 1.54) is 0 Å². The largest absolute Gasteiger partial charge is 0.242 e. The summed E-state index contributed by atoms with van der Waals surface area (Å²) in [5.74, 6) is 0.718. The number of hydrogen-bond donors (Lipinski definition) is 1. The Kier molecular flexibility index (Phi) is 3.54. The Labute approximate surface area is 83.6 Å². The molecule has 1 aromatic heterocycles.